The first kappa shape index (κ1) is 15.3. The van der Waals surface area contributed by atoms with Crippen LogP contribution in [0, 0.1) is 6.92 Å². The van der Waals surface area contributed by atoms with E-state index >= 15 is 0 Å². The van der Waals surface area contributed by atoms with E-state index in [4.69, 9.17) is 16.3 Å². The summed E-state index contributed by atoms with van der Waals surface area (Å²) in [5.41, 5.74) is 1.03. The van der Waals surface area contributed by atoms with E-state index in [9.17, 15) is 4.79 Å². The Labute approximate surface area is 128 Å². The van der Waals surface area contributed by atoms with Gasteiger partial charge in [0.25, 0.3) is 0 Å². The summed E-state index contributed by atoms with van der Waals surface area (Å²) < 4.78 is 5.51. The predicted molar refractivity (Wildman–Crippen MR) is 82.7 cm³/mol. The SMILES string of the molecule is CCCOc1ccc(Nc2nc(C)nc(Cl)c2C=O)cc1. The molecule has 1 aromatic carbocycles. The zero-order valence-electron chi connectivity index (χ0n) is 11.9. The maximum atomic E-state index is 11.1. The molecular weight excluding hydrogens is 290 g/mol. The summed E-state index contributed by atoms with van der Waals surface area (Å²) in [6.07, 6.45) is 1.60. The second kappa shape index (κ2) is 7.04. The zero-order valence-corrected chi connectivity index (χ0v) is 12.6. The van der Waals surface area contributed by atoms with Gasteiger partial charge in [-0.1, -0.05) is 18.5 Å². The highest BCUT2D eigenvalue weighted by molar-refractivity contribution is 6.32. The quantitative estimate of drug-likeness (QED) is 0.650. The third-order valence-electron chi connectivity index (χ3n) is 2.72. The molecule has 110 valence electrons. The molecule has 0 bridgehead atoms. The van der Waals surface area contributed by atoms with Gasteiger partial charge in [-0.25, -0.2) is 9.97 Å². The molecule has 1 N–H and O–H groups in total. The molecule has 0 radical (unpaired) electrons. The molecule has 2 rings (SSSR count). The Morgan fingerprint density at radius 3 is 2.62 bits per heavy atom. The molecule has 0 aliphatic carbocycles. The molecule has 21 heavy (non-hydrogen) atoms. The van der Waals surface area contributed by atoms with Crippen molar-refractivity contribution in [1.82, 2.24) is 9.97 Å². The smallest absolute Gasteiger partial charge is 0.156 e. The topological polar surface area (TPSA) is 64.1 Å². The maximum Gasteiger partial charge on any atom is 0.156 e. The first-order chi connectivity index (χ1) is 10.1. The fourth-order valence-corrected chi connectivity index (χ4v) is 1.99. The number of ether oxygens (including phenoxy) is 1. The second-order valence-corrected chi connectivity index (χ2v) is 4.80. The van der Waals surface area contributed by atoms with Gasteiger partial charge in [-0.2, -0.15) is 0 Å². The van der Waals surface area contributed by atoms with Crippen molar-refractivity contribution in [3.05, 3.63) is 40.8 Å². The van der Waals surface area contributed by atoms with Crippen molar-refractivity contribution in [3.8, 4) is 5.75 Å². The number of benzene rings is 1. The summed E-state index contributed by atoms with van der Waals surface area (Å²) in [7, 11) is 0. The fraction of sp³-hybridized carbons (Fsp3) is 0.267. The van der Waals surface area contributed by atoms with Crippen LogP contribution in [-0.4, -0.2) is 22.9 Å². The van der Waals surface area contributed by atoms with Gasteiger partial charge in [-0.05, 0) is 37.6 Å². The number of nitrogens with zero attached hydrogens (tertiary/aromatic N) is 2. The molecule has 2 aromatic rings. The number of aromatic nitrogens is 2. The number of carbonyl (C=O) groups excluding carboxylic acids is 1. The van der Waals surface area contributed by atoms with E-state index in [1.54, 1.807) is 6.92 Å². The van der Waals surface area contributed by atoms with Crippen molar-refractivity contribution in [2.45, 2.75) is 20.3 Å². The largest absolute Gasteiger partial charge is 0.494 e. The van der Waals surface area contributed by atoms with Gasteiger partial charge < -0.3 is 10.1 Å². The molecule has 6 heteroatoms. The van der Waals surface area contributed by atoms with Crippen LogP contribution >= 0.6 is 11.6 Å². The van der Waals surface area contributed by atoms with E-state index in [1.807, 2.05) is 24.3 Å². The van der Waals surface area contributed by atoms with Gasteiger partial charge in [0.1, 0.15) is 22.5 Å². The van der Waals surface area contributed by atoms with Crippen molar-refractivity contribution in [2.24, 2.45) is 0 Å². The lowest BCUT2D eigenvalue weighted by molar-refractivity contribution is 0.112. The van der Waals surface area contributed by atoms with E-state index < -0.39 is 0 Å². The Bertz CT molecular complexity index is 630. The second-order valence-electron chi connectivity index (χ2n) is 4.44. The molecule has 5 nitrogen and oxygen atoms in total. The summed E-state index contributed by atoms with van der Waals surface area (Å²) in [5.74, 6) is 1.69. The van der Waals surface area contributed by atoms with E-state index in [0.717, 1.165) is 17.9 Å². The van der Waals surface area contributed by atoms with Crippen LogP contribution in [0.4, 0.5) is 11.5 Å². The lowest BCUT2D eigenvalue weighted by Gasteiger charge is -2.10. The van der Waals surface area contributed by atoms with E-state index in [1.165, 1.54) is 0 Å². The molecule has 0 amide bonds. The van der Waals surface area contributed by atoms with E-state index in [0.29, 0.717) is 24.5 Å². The molecule has 1 aromatic heterocycles. The Morgan fingerprint density at radius 2 is 2.00 bits per heavy atom. The first-order valence-electron chi connectivity index (χ1n) is 6.63. The van der Waals surface area contributed by atoms with Crippen LogP contribution in [0.25, 0.3) is 0 Å². The van der Waals surface area contributed by atoms with Crippen LogP contribution < -0.4 is 10.1 Å². The predicted octanol–water partition coefficient (Wildman–Crippen LogP) is 3.78. The zero-order chi connectivity index (χ0) is 15.2. The van der Waals surface area contributed by atoms with E-state index in [2.05, 4.69) is 22.2 Å². The summed E-state index contributed by atoms with van der Waals surface area (Å²) in [5, 5.41) is 3.21. The van der Waals surface area contributed by atoms with Crippen molar-refractivity contribution in [1.29, 1.82) is 0 Å². The standard InChI is InChI=1S/C15H16ClN3O2/c1-3-8-21-12-6-4-11(5-7-12)19-15-13(9-20)14(16)17-10(2)18-15/h4-7,9H,3,8H2,1-2H3,(H,17,18,19). The number of hydrogen-bond acceptors (Lipinski definition) is 5. The van der Waals surface area contributed by atoms with Gasteiger partial charge in [0, 0.05) is 5.69 Å². The highest BCUT2D eigenvalue weighted by Crippen LogP contribution is 2.24. The van der Waals surface area contributed by atoms with Crippen LogP contribution in [-0.2, 0) is 0 Å². The Kier molecular flexibility index (Phi) is 5.11. The number of aldehydes is 1. The lowest BCUT2D eigenvalue weighted by Crippen LogP contribution is -2.03. The van der Waals surface area contributed by atoms with Gasteiger partial charge in [0.2, 0.25) is 0 Å². The average Bonchev–Trinajstić information content (AvgIpc) is 2.46. The first-order valence-corrected chi connectivity index (χ1v) is 7.01. The van der Waals surface area contributed by atoms with Crippen molar-refractivity contribution in [3.63, 3.8) is 0 Å². The van der Waals surface area contributed by atoms with Gasteiger partial charge in [0.15, 0.2) is 6.29 Å². The van der Waals surface area contributed by atoms with Gasteiger partial charge >= 0.3 is 0 Å². The fourth-order valence-electron chi connectivity index (χ4n) is 1.74. The average molecular weight is 306 g/mol. The summed E-state index contributed by atoms with van der Waals surface area (Å²) >= 11 is 5.94. The number of hydrogen-bond donors (Lipinski definition) is 1. The van der Waals surface area contributed by atoms with Crippen LogP contribution in [0.2, 0.25) is 5.15 Å². The number of rotatable bonds is 6. The summed E-state index contributed by atoms with van der Waals surface area (Å²) in [4.78, 5) is 19.3. The molecule has 0 atom stereocenters. The molecule has 0 unspecified atom stereocenters. The van der Waals surface area contributed by atoms with Gasteiger partial charge in [-0.3, -0.25) is 4.79 Å². The Balaban J connectivity index is 2.20. The van der Waals surface area contributed by atoms with Gasteiger partial charge in [-0.15, -0.1) is 0 Å². The number of halogens is 1. The minimum Gasteiger partial charge on any atom is -0.494 e. The molecule has 0 aliphatic rings. The molecule has 1 heterocycles. The molecule has 0 fully saturated rings. The maximum absolute atomic E-state index is 11.1. The van der Waals surface area contributed by atoms with E-state index in [-0.39, 0.29) is 10.7 Å². The molecule has 0 saturated carbocycles. The molecular formula is C15H16ClN3O2. The Hall–Kier alpha value is -2.14. The van der Waals surface area contributed by atoms with Gasteiger partial charge in [0.05, 0.1) is 12.2 Å². The minimum absolute atomic E-state index is 0.142. The lowest BCUT2D eigenvalue weighted by atomic mass is 10.2. The minimum atomic E-state index is 0.142. The number of anilines is 2. The normalized spacial score (nSPS) is 10.2. The Morgan fingerprint density at radius 1 is 1.29 bits per heavy atom. The molecule has 0 aliphatic heterocycles. The van der Waals surface area contributed by atoms with Crippen LogP contribution in [0.15, 0.2) is 24.3 Å². The highest BCUT2D eigenvalue weighted by Gasteiger charge is 2.11. The third-order valence-corrected chi connectivity index (χ3v) is 3.01. The highest BCUT2D eigenvalue weighted by atomic mass is 35.5. The van der Waals surface area contributed by atoms with Crippen LogP contribution in [0.3, 0.4) is 0 Å². The monoisotopic (exact) mass is 305 g/mol. The van der Waals surface area contributed by atoms with Crippen molar-refractivity contribution in [2.75, 3.05) is 11.9 Å². The van der Waals surface area contributed by atoms with Crippen LogP contribution in [0.1, 0.15) is 29.5 Å². The summed E-state index contributed by atoms with van der Waals surface area (Å²) in [6.45, 7) is 4.45. The molecule has 0 spiro atoms. The number of nitrogens with one attached hydrogen (secondary N) is 1. The number of aryl methyl sites for hydroxylation is 1. The third kappa shape index (κ3) is 3.92. The summed E-state index contributed by atoms with van der Waals surface area (Å²) in [6, 6.07) is 7.41. The van der Waals surface area contributed by atoms with Crippen molar-refractivity contribution >= 4 is 29.4 Å². The number of carbonyl (C=O) groups is 1. The van der Waals surface area contributed by atoms with Crippen LogP contribution in [0.5, 0.6) is 5.75 Å². The molecule has 0 saturated heterocycles. The van der Waals surface area contributed by atoms with Crippen molar-refractivity contribution < 1.29 is 9.53 Å².